The van der Waals surface area contributed by atoms with Crippen molar-refractivity contribution in [3.63, 3.8) is 0 Å². The fourth-order valence-electron chi connectivity index (χ4n) is 4.73. The SMILES string of the molecule is [C-]#[N+]c1ccc(-c2cccc(NC(=O)c3ccc(N4C[C@@H](C)N(C(=O)CC)[C@@H](C)C4)nc3)c2N)cc1. The van der Waals surface area contributed by atoms with Crippen molar-refractivity contribution in [2.45, 2.75) is 39.3 Å². The van der Waals surface area contributed by atoms with E-state index in [1.807, 2.05) is 42.2 Å². The average Bonchev–Trinajstić information content (AvgIpc) is 2.89. The molecule has 3 N–H and O–H groups in total. The van der Waals surface area contributed by atoms with Crippen molar-refractivity contribution in [2.24, 2.45) is 0 Å². The second-order valence-electron chi connectivity index (χ2n) is 9.04. The molecule has 2 atom stereocenters. The first-order chi connectivity index (χ1) is 17.3. The maximum Gasteiger partial charge on any atom is 0.257 e. The van der Waals surface area contributed by atoms with E-state index in [1.54, 1.807) is 30.5 Å². The number of carbonyl (C=O) groups is 2. The number of hydrogen-bond donors (Lipinski definition) is 2. The molecule has 1 aromatic heterocycles. The number of para-hydroxylation sites is 1. The minimum atomic E-state index is -0.304. The highest BCUT2D eigenvalue weighted by Gasteiger charge is 2.32. The van der Waals surface area contributed by atoms with Gasteiger partial charge in [-0.25, -0.2) is 9.83 Å². The van der Waals surface area contributed by atoms with Gasteiger partial charge in [-0.05, 0) is 37.6 Å². The van der Waals surface area contributed by atoms with E-state index in [0.717, 1.165) is 16.9 Å². The van der Waals surface area contributed by atoms with Crippen LogP contribution in [0.15, 0.2) is 60.8 Å². The van der Waals surface area contributed by atoms with E-state index in [1.165, 1.54) is 0 Å². The molecule has 1 saturated heterocycles. The van der Waals surface area contributed by atoms with E-state index < -0.39 is 0 Å². The number of anilines is 3. The summed E-state index contributed by atoms with van der Waals surface area (Å²) in [6, 6.07) is 16.4. The summed E-state index contributed by atoms with van der Waals surface area (Å²) in [6.07, 6.45) is 2.06. The molecule has 0 saturated carbocycles. The Hall–Kier alpha value is -4.38. The fourth-order valence-corrected chi connectivity index (χ4v) is 4.73. The summed E-state index contributed by atoms with van der Waals surface area (Å²) >= 11 is 0. The molecule has 2 amide bonds. The molecule has 1 aliphatic heterocycles. The van der Waals surface area contributed by atoms with E-state index >= 15 is 0 Å². The molecule has 0 unspecified atom stereocenters. The van der Waals surface area contributed by atoms with E-state index in [9.17, 15) is 9.59 Å². The van der Waals surface area contributed by atoms with Gasteiger partial charge in [-0.15, -0.1) is 0 Å². The molecule has 2 aromatic carbocycles. The summed E-state index contributed by atoms with van der Waals surface area (Å²) < 4.78 is 0. The van der Waals surface area contributed by atoms with Crippen molar-refractivity contribution in [1.29, 1.82) is 0 Å². The maximum atomic E-state index is 12.9. The van der Waals surface area contributed by atoms with Crippen LogP contribution in [0.3, 0.4) is 0 Å². The monoisotopic (exact) mass is 482 g/mol. The Morgan fingerprint density at radius 1 is 1.08 bits per heavy atom. The molecule has 0 spiro atoms. The lowest BCUT2D eigenvalue weighted by Gasteiger charge is -2.45. The highest BCUT2D eigenvalue weighted by atomic mass is 16.2. The molecule has 0 radical (unpaired) electrons. The molecule has 1 fully saturated rings. The van der Waals surface area contributed by atoms with Gasteiger partial charge in [0.1, 0.15) is 5.82 Å². The molecule has 0 aliphatic carbocycles. The highest BCUT2D eigenvalue weighted by molar-refractivity contribution is 6.06. The standard InChI is InChI=1S/C28H30N6O2/c1-5-26(35)34-18(2)16-33(17-19(34)3)25-14-11-21(15-31-25)28(36)32-24-8-6-7-23(27(24)29)20-9-12-22(30-4)13-10-20/h6-15,18-19H,5,16-17,29H2,1-3H3,(H,32,36)/t18-,19+. The Bertz CT molecular complexity index is 1290. The third kappa shape index (κ3) is 5.01. The number of carbonyl (C=O) groups excluding carboxylic acids is 2. The van der Waals surface area contributed by atoms with Gasteiger partial charge in [0.2, 0.25) is 5.91 Å². The number of rotatable bonds is 5. The quantitative estimate of drug-likeness (QED) is 0.395. The van der Waals surface area contributed by atoms with Crippen molar-refractivity contribution >= 4 is 34.7 Å². The molecule has 8 heteroatoms. The number of piperazine rings is 1. The molecular formula is C28H30N6O2. The van der Waals surface area contributed by atoms with Crippen LogP contribution in [0.2, 0.25) is 0 Å². The molecule has 8 nitrogen and oxygen atoms in total. The minimum absolute atomic E-state index is 0.0822. The molecule has 1 aliphatic rings. The van der Waals surface area contributed by atoms with Gasteiger partial charge in [0.25, 0.3) is 5.91 Å². The van der Waals surface area contributed by atoms with Crippen LogP contribution in [0.25, 0.3) is 16.0 Å². The average molecular weight is 483 g/mol. The zero-order chi connectivity index (χ0) is 25.8. The Balaban J connectivity index is 1.46. The van der Waals surface area contributed by atoms with Gasteiger partial charge >= 0.3 is 0 Å². The predicted octanol–water partition coefficient (Wildman–Crippen LogP) is 4.97. The maximum absolute atomic E-state index is 12.9. The zero-order valence-corrected chi connectivity index (χ0v) is 20.7. The van der Waals surface area contributed by atoms with Gasteiger partial charge in [-0.2, -0.15) is 0 Å². The number of hydrogen-bond acceptors (Lipinski definition) is 5. The van der Waals surface area contributed by atoms with Crippen LogP contribution in [0, 0.1) is 6.57 Å². The minimum Gasteiger partial charge on any atom is -0.397 e. The Morgan fingerprint density at radius 2 is 1.78 bits per heavy atom. The summed E-state index contributed by atoms with van der Waals surface area (Å²) in [4.78, 5) is 37.3. The summed E-state index contributed by atoms with van der Waals surface area (Å²) in [5.74, 6) is 0.637. The summed E-state index contributed by atoms with van der Waals surface area (Å²) in [6.45, 7) is 14.5. The molecular weight excluding hydrogens is 452 g/mol. The third-order valence-electron chi connectivity index (χ3n) is 6.51. The molecule has 184 valence electrons. The van der Waals surface area contributed by atoms with E-state index in [-0.39, 0.29) is 23.9 Å². The van der Waals surface area contributed by atoms with Crippen molar-refractivity contribution in [2.75, 3.05) is 29.0 Å². The Kier molecular flexibility index (Phi) is 7.20. The molecule has 3 aromatic rings. The van der Waals surface area contributed by atoms with Crippen LogP contribution in [0.4, 0.5) is 22.9 Å². The van der Waals surface area contributed by atoms with Crippen LogP contribution in [-0.2, 0) is 4.79 Å². The van der Waals surface area contributed by atoms with Gasteiger partial charge in [-0.3, -0.25) is 9.59 Å². The van der Waals surface area contributed by atoms with Crippen LogP contribution in [-0.4, -0.2) is 46.9 Å². The number of benzene rings is 2. The third-order valence-corrected chi connectivity index (χ3v) is 6.51. The van der Waals surface area contributed by atoms with Gasteiger partial charge in [0, 0.05) is 43.4 Å². The normalized spacial score (nSPS) is 17.4. The lowest BCUT2D eigenvalue weighted by atomic mass is 10.0. The first-order valence-corrected chi connectivity index (χ1v) is 12.0. The Morgan fingerprint density at radius 3 is 2.36 bits per heavy atom. The van der Waals surface area contributed by atoms with Crippen LogP contribution < -0.4 is 16.0 Å². The second kappa shape index (κ2) is 10.5. The van der Waals surface area contributed by atoms with Gasteiger partial charge < -0.3 is 20.9 Å². The number of nitrogen functional groups attached to an aromatic ring is 1. The summed E-state index contributed by atoms with van der Waals surface area (Å²) in [5.41, 5.74) is 9.96. The van der Waals surface area contributed by atoms with Gasteiger partial charge in [0.05, 0.1) is 23.5 Å². The fraction of sp³-hybridized carbons (Fsp3) is 0.286. The topological polar surface area (TPSA) is 95.9 Å². The van der Waals surface area contributed by atoms with Crippen LogP contribution >= 0.6 is 0 Å². The number of nitrogens with two attached hydrogens (primary N) is 1. The molecule has 0 bridgehead atoms. The molecule has 2 heterocycles. The smallest absolute Gasteiger partial charge is 0.257 e. The van der Waals surface area contributed by atoms with Crippen LogP contribution in [0.1, 0.15) is 37.6 Å². The highest BCUT2D eigenvalue weighted by Crippen LogP contribution is 2.33. The van der Waals surface area contributed by atoms with Crippen molar-refractivity contribution < 1.29 is 9.59 Å². The largest absolute Gasteiger partial charge is 0.397 e. The lowest BCUT2D eigenvalue weighted by molar-refractivity contribution is -0.135. The zero-order valence-electron chi connectivity index (χ0n) is 20.7. The number of nitrogens with zero attached hydrogens (tertiary/aromatic N) is 4. The first-order valence-electron chi connectivity index (χ1n) is 12.0. The van der Waals surface area contributed by atoms with E-state index in [4.69, 9.17) is 12.3 Å². The predicted molar refractivity (Wildman–Crippen MR) is 143 cm³/mol. The summed E-state index contributed by atoms with van der Waals surface area (Å²) in [7, 11) is 0. The lowest BCUT2D eigenvalue weighted by Crippen LogP contribution is -2.58. The van der Waals surface area contributed by atoms with Crippen molar-refractivity contribution in [3.8, 4) is 11.1 Å². The number of aromatic nitrogens is 1. The molecule has 4 rings (SSSR count). The molecule has 36 heavy (non-hydrogen) atoms. The number of amides is 2. The number of pyridine rings is 1. The van der Waals surface area contributed by atoms with E-state index in [2.05, 4.69) is 33.9 Å². The summed E-state index contributed by atoms with van der Waals surface area (Å²) in [5, 5.41) is 2.89. The van der Waals surface area contributed by atoms with Gasteiger partial charge in [0.15, 0.2) is 5.69 Å². The Labute approximate surface area is 211 Å². The van der Waals surface area contributed by atoms with Crippen molar-refractivity contribution in [1.82, 2.24) is 9.88 Å². The number of nitrogens with one attached hydrogen (secondary N) is 1. The van der Waals surface area contributed by atoms with Crippen LogP contribution in [0.5, 0.6) is 0 Å². The second-order valence-corrected chi connectivity index (χ2v) is 9.04. The van der Waals surface area contributed by atoms with Gasteiger partial charge in [-0.1, -0.05) is 43.3 Å². The first kappa shape index (κ1) is 24.7. The van der Waals surface area contributed by atoms with E-state index in [0.29, 0.717) is 42.1 Å². The van der Waals surface area contributed by atoms with Crippen molar-refractivity contribution in [3.05, 3.63) is 77.8 Å².